The number of aryl methyl sites for hydroxylation is 2. The van der Waals surface area contributed by atoms with Gasteiger partial charge in [0.2, 0.25) is 5.91 Å². The van der Waals surface area contributed by atoms with Gasteiger partial charge in [0.1, 0.15) is 12.4 Å². The standard InChI is InChI=1S/C22H28N2O3/c1-15(2)21(25)23-19-8-6-18(7-9-19)22(26)24(5)10-11-27-20-13-16(3)12-17(4)14-20/h6-9,12-15H,10-11H2,1-5H3,(H,23,25). The fourth-order valence-corrected chi connectivity index (χ4v) is 2.62. The van der Waals surface area contributed by atoms with Crippen molar-refractivity contribution in [2.75, 3.05) is 25.5 Å². The predicted molar refractivity (Wildman–Crippen MR) is 108 cm³/mol. The first-order valence-corrected chi connectivity index (χ1v) is 9.13. The van der Waals surface area contributed by atoms with Crippen LogP contribution in [0.2, 0.25) is 0 Å². The van der Waals surface area contributed by atoms with E-state index >= 15 is 0 Å². The molecule has 0 aliphatic carbocycles. The third kappa shape index (κ3) is 6.13. The minimum absolute atomic E-state index is 0.0465. The molecule has 144 valence electrons. The number of ether oxygens (including phenoxy) is 1. The molecule has 2 aromatic carbocycles. The van der Waals surface area contributed by atoms with E-state index in [0.717, 1.165) is 16.9 Å². The van der Waals surface area contributed by atoms with Gasteiger partial charge in [0.25, 0.3) is 5.91 Å². The van der Waals surface area contributed by atoms with Gasteiger partial charge in [0, 0.05) is 24.2 Å². The third-order valence-electron chi connectivity index (χ3n) is 4.16. The van der Waals surface area contributed by atoms with Crippen LogP contribution in [0.1, 0.15) is 35.3 Å². The van der Waals surface area contributed by atoms with Crippen molar-refractivity contribution < 1.29 is 14.3 Å². The second-order valence-corrected chi connectivity index (χ2v) is 7.12. The van der Waals surface area contributed by atoms with E-state index in [1.807, 2.05) is 39.8 Å². The van der Waals surface area contributed by atoms with E-state index in [-0.39, 0.29) is 17.7 Å². The normalized spacial score (nSPS) is 10.6. The van der Waals surface area contributed by atoms with Crippen LogP contribution in [0.15, 0.2) is 42.5 Å². The summed E-state index contributed by atoms with van der Waals surface area (Å²) in [4.78, 5) is 25.9. The summed E-state index contributed by atoms with van der Waals surface area (Å²) in [5.74, 6) is 0.601. The highest BCUT2D eigenvalue weighted by atomic mass is 16.5. The number of carbonyl (C=O) groups excluding carboxylic acids is 2. The lowest BCUT2D eigenvalue weighted by molar-refractivity contribution is -0.118. The van der Waals surface area contributed by atoms with Gasteiger partial charge in [-0.1, -0.05) is 19.9 Å². The predicted octanol–water partition coefficient (Wildman–Crippen LogP) is 4.05. The van der Waals surface area contributed by atoms with Gasteiger partial charge in [0.15, 0.2) is 0 Å². The molecule has 0 aromatic heterocycles. The molecule has 0 fully saturated rings. The first kappa shape index (κ1) is 20.5. The summed E-state index contributed by atoms with van der Waals surface area (Å²) < 4.78 is 5.77. The molecule has 2 amide bonds. The Morgan fingerprint density at radius 1 is 1.04 bits per heavy atom. The number of benzene rings is 2. The molecule has 0 aliphatic heterocycles. The van der Waals surface area contributed by atoms with E-state index in [2.05, 4.69) is 11.4 Å². The Hall–Kier alpha value is -2.82. The summed E-state index contributed by atoms with van der Waals surface area (Å²) in [5, 5.41) is 2.81. The number of nitrogens with one attached hydrogen (secondary N) is 1. The SMILES string of the molecule is Cc1cc(C)cc(OCCN(C)C(=O)c2ccc(NC(=O)C(C)C)cc2)c1. The van der Waals surface area contributed by atoms with Crippen LogP contribution in [0.25, 0.3) is 0 Å². The second kappa shape index (κ2) is 9.21. The molecule has 0 bridgehead atoms. The second-order valence-electron chi connectivity index (χ2n) is 7.12. The lowest BCUT2D eigenvalue weighted by Gasteiger charge is -2.18. The molecule has 0 heterocycles. The van der Waals surface area contributed by atoms with E-state index in [1.165, 1.54) is 0 Å². The Morgan fingerprint density at radius 2 is 1.63 bits per heavy atom. The van der Waals surface area contributed by atoms with Crippen molar-refractivity contribution in [2.24, 2.45) is 5.92 Å². The summed E-state index contributed by atoms with van der Waals surface area (Å²) in [5.41, 5.74) is 3.57. The Balaban J connectivity index is 1.88. The van der Waals surface area contributed by atoms with Crippen LogP contribution >= 0.6 is 0 Å². The molecule has 5 nitrogen and oxygen atoms in total. The molecule has 0 aliphatic rings. The lowest BCUT2D eigenvalue weighted by atomic mass is 10.1. The summed E-state index contributed by atoms with van der Waals surface area (Å²) in [6.45, 7) is 8.64. The summed E-state index contributed by atoms with van der Waals surface area (Å²) in [7, 11) is 1.75. The van der Waals surface area contributed by atoms with Gasteiger partial charge in [-0.3, -0.25) is 9.59 Å². The van der Waals surface area contributed by atoms with Gasteiger partial charge in [0.05, 0.1) is 6.54 Å². The van der Waals surface area contributed by atoms with Crippen molar-refractivity contribution in [3.05, 3.63) is 59.2 Å². The number of nitrogens with zero attached hydrogens (tertiary/aromatic N) is 1. The van der Waals surface area contributed by atoms with Crippen LogP contribution in [-0.2, 0) is 4.79 Å². The van der Waals surface area contributed by atoms with Gasteiger partial charge in [-0.2, -0.15) is 0 Å². The van der Waals surface area contributed by atoms with E-state index in [1.54, 1.807) is 36.2 Å². The minimum Gasteiger partial charge on any atom is -0.492 e. The molecular formula is C22H28N2O3. The van der Waals surface area contributed by atoms with Crippen LogP contribution in [-0.4, -0.2) is 36.9 Å². The molecule has 1 N–H and O–H groups in total. The average Bonchev–Trinajstić information content (AvgIpc) is 2.60. The first-order valence-electron chi connectivity index (χ1n) is 9.13. The molecule has 0 spiro atoms. The van der Waals surface area contributed by atoms with E-state index in [0.29, 0.717) is 24.4 Å². The van der Waals surface area contributed by atoms with Crippen molar-refractivity contribution in [2.45, 2.75) is 27.7 Å². The van der Waals surface area contributed by atoms with Gasteiger partial charge in [-0.25, -0.2) is 0 Å². The maximum atomic E-state index is 12.5. The quantitative estimate of drug-likeness (QED) is 0.802. The Labute approximate surface area is 161 Å². The smallest absolute Gasteiger partial charge is 0.253 e. The number of rotatable bonds is 7. The zero-order chi connectivity index (χ0) is 20.0. The lowest BCUT2D eigenvalue weighted by Crippen LogP contribution is -2.30. The van der Waals surface area contributed by atoms with E-state index < -0.39 is 0 Å². The van der Waals surface area contributed by atoms with Gasteiger partial charge in [-0.05, 0) is 61.4 Å². The number of anilines is 1. The van der Waals surface area contributed by atoms with Crippen molar-refractivity contribution in [1.29, 1.82) is 0 Å². The first-order chi connectivity index (χ1) is 12.8. The number of hydrogen-bond donors (Lipinski definition) is 1. The van der Waals surface area contributed by atoms with Crippen LogP contribution in [0.4, 0.5) is 5.69 Å². The average molecular weight is 368 g/mol. The number of likely N-dealkylation sites (N-methyl/N-ethyl adjacent to an activating group) is 1. The molecule has 0 atom stereocenters. The molecule has 0 saturated carbocycles. The zero-order valence-electron chi connectivity index (χ0n) is 16.7. The summed E-state index contributed by atoms with van der Waals surface area (Å²) in [6.07, 6.45) is 0. The van der Waals surface area contributed by atoms with Crippen molar-refractivity contribution in [1.82, 2.24) is 4.90 Å². The van der Waals surface area contributed by atoms with Crippen molar-refractivity contribution in [3.8, 4) is 5.75 Å². The molecule has 0 radical (unpaired) electrons. The van der Waals surface area contributed by atoms with Crippen LogP contribution in [0.5, 0.6) is 5.75 Å². The number of amides is 2. The van der Waals surface area contributed by atoms with Gasteiger partial charge < -0.3 is 15.0 Å². The van der Waals surface area contributed by atoms with E-state index in [9.17, 15) is 9.59 Å². The fraction of sp³-hybridized carbons (Fsp3) is 0.364. The van der Waals surface area contributed by atoms with E-state index in [4.69, 9.17) is 4.74 Å². The summed E-state index contributed by atoms with van der Waals surface area (Å²) in [6, 6.07) is 13.0. The van der Waals surface area contributed by atoms with Crippen LogP contribution in [0, 0.1) is 19.8 Å². The fourth-order valence-electron chi connectivity index (χ4n) is 2.62. The van der Waals surface area contributed by atoms with Crippen molar-refractivity contribution >= 4 is 17.5 Å². The maximum absolute atomic E-state index is 12.5. The zero-order valence-corrected chi connectivity index (χ0v) is 16.7. The number of carbonyl (C=O) groups is 2. The minimum atomic E-state index is -0.0883. The van der Waals surface area contributed by atoms with Gasteiger partial charge in [-0.15, -0.1) is 0 Å². The highest BCUT2D eigenvalue weighted by Gasteiger charge is 2.13. The number of hydrogen-bond acceptors (Lipinski definition) is 3. The van der Waals surface area contributed by atoms with Gasteiger partial charge >= 0.3 is 0 Å². The summed E-state index contributed by atoms with van der Waals surface area (Å²) >= 11 is 0. The monoisotopic (exact) mass is 368 g/mol. The highest BCUT2D eigenvalue weighted by molar-refractivity contribution is 5.96. The molecule has 2 rings (SSSR count). The molecule has 2 aromatic rings. The largest absolute Gasteiger partial charge is 0.492 e. The molecule has 5 heteroatoms. The molecule has 0 unspecified atom stereocenters. The Bertz CT molecular complexity index is 777. The Kier molecular flexibility index (Phi) is 6.99. The van der Waals surface area contributed by atoms with Crippen LogP contribution < -0.4 is 10.1 Å². The van der Waals surface area contributed by atoms with Crippen LogP contribution in [0.3, 0.4) is 0 Å². The highest BCUT2D eigenvalue weighted by Crippen LogP contribution is 2.16. The van der Waals surface area contributed by atoms with Crippen molar-refractivity contribution in [3.63, 3.8) is 0 Å². The Morgan fingerprint density at radius 3 is 2.19 bits per heavy atom. The maximum Gasteiger partial charge on any atom is 0.253 e. The topological polar surface area (TPSA) is 58.6 Å². The third-order valence-corrected chi connectivity index (χ3v) is 4.16. The molecule has 0 saturated heterocycles. The molecular weight excluding hydrogens is 340 g/mol. The molecule has 27 heavy (non-hydrogen) atoms.